The molecule has 1 aliphatic rings. The minimum atomic E-state index is 0.603. The van der Waals surface area contributed by atoms with Crippen LogP contribution in [0.15, 0.2) is 0 Å². The van der Waals surface area contributed by atoms with Gasteiger partial charge in [-0.05, 0) is 38.8 Å². The lowest BCUT2D eigenvalue weighted by molar-refractivity contribution is 0.150. The van der Waals surface area contributed by atoms with Crippen molar-refractivity contribution in [3.8, 4) is 6.07 Å². The fourth-order valence-corrected chi connectivity index (χ4v) is 2.14. The van der Waals surface area contributed by atoms with Crippen LogP contribution < -0.4 is 5.73 Å². The molecule has 3 nitrogen and oxygen atoms in total. The Kier molecular flexibility index (Phi) is 5.58. The van der Waals surface area contributed by atoms with Gasteiger partial charge in [0.05, 0.1) is 6.07 Å². The zero-order valence-electron chi connectivity index (χ0n) is 8.91. The van der Waals surface area contributed by atoms with E-state index in [0.29, 0.717) is 12.5 Å². The van der Waals surface area contributed by atoms with E-state index in [1.54, 1.807) is 0 Å². The maximum Gasteiger partial charge on any atom is 0.0621 e. The quantitative estimate of drug-likeness (QED) is 0.676. The van der Waals surface area contributed by atoms with E-state index in [4.69, 9.17) is 11.0 Å². The van der Waals surface area contributed by atoms with Crippen LogP contribution in [0.5, 0.6) is 0 Å². The molecule has 0 spiro atoms. The molecule has 1 heterocycles. The molecule has 1 fully saturated rings. The van der Waals surface area contributed by atoms with Crippen molar-refractivity contribution in [3.63, 3.8) is 0 Å². The molecule has 1 saturated heterocycles. The molecular formula is C11H21N3. The van der Waals surface area contributed by atoms with Gasteiger partial charge in [-0.25, -0.2) is 0 Å². The molecule has 80 valence electrons. The van der Waals surface area contributed by atoms with E-state index in [9.17, 15) is 0 Å². The highest BCUT2D eigenvalue weighted by molar-refractivity contribution is 4.78. The summed E-state index contributed by atoms with van der Waals surface area (Å²) < 4.78 is 0. The highest BCUT2D eigenvalue weighted by atomic mass is 15.2. The van der Waals surface area contributed by atoms with Crippen molar-refractivity contribution in [2.24, 2.45) is 5.73 Å². The van der Waals surface area contributed by atoms with Crippen molar-refractivity contribution >= 4 is 0 Å². The Balaban J connectivity index is 2.17. The molecule has 2 N–H and O–H groups in total. The topological polar surface area (TPSA) is 53.0 Å². The number of unbranched alkanes of at least 4 members (excludes halogenated alkanes) is 2. The van der Waals surface area contributed by atoms with Gasteiger partial charge in [-0.1, -0.05) is 6.42 Å². The predicted octanol–water partition coefficient (Wildman–Crippen LogP) is 1.49. The first kappa shape index (κ1) is 11.5. The first-order valence-electron chi connectivity index (χ1n) is 5.69. The third-order valence-corrected chi connectivity index (χ3v) is 3.01. The average molecular weight is 195 g/mol. The van der Waals surface area contributed by atoms with Gasteiger partial charge in [-0.15, -0.1) is 0 Å². The zero-order chi connectivity index (χ0) is 10.2. The SMILES string of the molecule is N#CCCCCN1CCCCC1CN. The van der Waals surface area contributed by atoms with Crippen molar-refractivity contribution in [2.45, 2.75) is 44.6 Å². The van der Waals surface area contributed by atoms with Crippen molar-refractivity contribution < 1.29 is 0 Å². The number of nitriles is 1. The van der Waals surface area contributed by atoms with Crippen LogP contribution in [0.1, 0.15) is 38.5 Å². The molecule has 0 bridgehead atoms. The maximum absolute atomic E-state index is 8.42. The molecule has 0 saturated carbocycles. The molecule has 1 unspecified atom stereocenters. The van der Waals surface area contributed by atoms with Crippen LogP contribution in [0.4, 0.5) is 0 Å². The van der Waals surface area contributed by atoms with Gasteiger partial charge < -0.3 is 5.73 Å². The van der Waals surface area contributed by atoms with Crippen LogP contribution in [0, 0.1) is 11.3 Å². The van der Waals surface area contributed by atoms with Gasteiger partial charge >= 0.3 is 0 Å². The van der Waals surface area contributed by atoms with E-state index in [0.717, 1.165) is 25.9 Å². The lowest BCUT2D eigenvalue weighted by Gasteiger charge is -2.34. The maximum atomic E-state index is 8.42. The number of likely N-dealkylation sites (tertiary alicyclic amines) is 1. The van der Waals surface area contributed by atoms with Gasteiger partial charge in [0.25, 0.3) is 0 Å². The first-order valence-corrected chi connectivity index (χ1v) is 5.69. The van der Waals surface area contributed by atoms with E-state index >= 15 is 0 Å². The fraction of sp³-hybridized carbons (Fsp3) is 0.909. The Morgan fingerprint density at radius 3 is 2.93 bits per heavy atom. The Bertz CT molecular complexity index is 185. The number of hydrogen-bond acceptors (Lipinski definition) is 3. The van der Waals surface area contributed by atoms with E-state index in [2.05, 4.69) is 11.0 Å². The summed E-state index contributed by atoms with van der Waals surface area (Å²) >= 11 is 0. The Labute approximate surface area is 86.9 Å². The highest BCUT2D eigenvalue weighted by Crippen LogP contribution is 2.16. The van der Waals surface area contributed by atoms with Gasteiger partial charge in [0, 0.05) is 19.0 Å². The third kappa shape index (κ3) is 3.65. The Morgan fingerprint density at radius 2 is 2.21 bits per heavy atom. The predicted molar refractivity (Wildman–Crippen MR) is 57.7 cm³/mol. The standard InChI is InChI=1S/C11H21N3/c12-7-3-1-4-8-14-9-5-2-6-11(14)10-13/h11H,1-6,8-10,13H2. The summed E-state index contributed by atoms with van der Waals surface area (Å²) in [6, 6.07) is 2.79. The molecule has 0 aromatic rings. The van der Waals surface area contributed by atoms with Crippen LogP contribution in [0.2, 0.25) is 0 Å². The monoisotopic (exact) mass is 195 g/mol. The zero-order valence-corrected chi connectivity index (χ0v) is 8.91. The molecule has 0 aromatic heterocycles. The lowest BCUT2D eigenvalue weighted by Crippen LogP contribution is -2.44. The second kappa shape index (κ2) is 6.80. The molecule has 1 atom stereocenters. The third-order valence-electron chi connectivity index (χ3n) is 3.01. The summed E-state index contributed by atoms with van der Waals surface area (Å²) in [5.74, 6) is 0. The van der Waals surface area contributed by atoms with E-state index in [1.165, 1.54) is 25.8 Å². The van der Waals surface area contributed by atoms with Crippen molar-refractivity contribution in [2.75, 3.05) is 19.6 Å². The normalized spacial score (nSPS) is 23.3. The van der Waals surface area contributed by atoms with Crippen molar-refractivity contribution in [3.05, 3.63) is 0 Å². The Hall–Kier alpha value is -0.590. The van der Waals surface area contributed by atoms with Crippen LogP contribution in [-0.4, -0.2) is 30.6 Å². The summed E-state index contributed by atoms with van der Waals surface area (Å²) in [6.07, 6.45) is 6.77. The number of nitrogens with zero attached hydrogens (tertiary/aromatic N) is 2. The summed E-state index contributed by atoms with van der Waals surface area (Å²) in [5.41, 5.74) is 5.73. The number of piperidine rings is 1. The molecule has 0 aliphatic carbocycles. The highest BCUT2D eigenvalue weighted by Gasteiger charge is 2.19. The Morgan fingerprint density at radius 1 is 1.36 bits per heavy atom. The van der Waals surface area contributed by atoms with Crippen molar-refractivity contribution in [1.29, 1.82) is 5.26 Å². The van der Waals surface area contributed by atoms with Gasteiger partial charge in [0.1, 0.15) is 0 Å². The van der Waals surface area contributed by atoms with Gasteiger partial charge in [0.15, 0.2) is 0 Å². The summed E-state index contributed by atoms with van der Waals surface area (Å²) in [4.78, 5) is 2.50. The van der Waals surface area contributed by atoms with Gasteiger partial charge in [-0.2, -0.15) is 5.26 Å². The van der Waals surface area contributed by atoms with Crippen LogP contribution in [0.3, 0.4) is 0 Å². The molecule has 1 aliphatic heterocycles. The van der Waals surface area contributed by atoms with E-state index < -0.39 is 0 Å². The second-order valence-corrected chi connectivity index (χ2v) is 4.04. The number of nitrogens with two attached hydrogens (primary N) is 1. The summed E-state index contributed by atoms with van der Waals surface area (Å²) in [6.45, 7) is 3.12. The van der Waals surface area contributed by atoms with Gasteiger partial charge in [0.2, 0.25) is 0 Å². The average Bonchev–Trinajstić information content (AvgIpc) is 2.25. The summed E-state index contributed by atoms with van der Waals surface area (Å²) in [7, 11) is 0. The van der Waals surface area contributed by atoms with E-state index in [1.807, 2.05) is 0 Å². The minimum absolute atomic E-state index is 0.603. The summed E-state index contributed by atoms with van der Waals surface area (Å²) in [5, 5.41) is 8.42. The first-order chi connectivity index (χ1) is 6.88. The largest absolute Gasteiger partial charge is 0.329 e. The molecule has 0 radical (unpaired) electrons. The number of hydrogen-bond donors (Lipinski definition) is 1. The molecule has 0 aromatic carbocycles. The molecule has 1 rings (SSSR count). The fourth-order valence-electron chi connectivity index (χ4n) is 2.14. The second-order valence-electron chi connectivity index (χ2n) is 4.04. The molecule has 3 heteroatoms. The van der Waals surface area contributed by atoms with Crippen LogP contribution in [0.25, 0.3) is 0 Å². The lowest BCUT2D eigenvalue weighted by atomic mass is 10.0. The van der Waals surface area contributed by atoms with Crippen LogP contribution >= 0.6 is 0 Å². The van der Waals surface area contributed by atoms with Gasteiger partial charge in [-0.3, -0.25) is 4.90 Å². The minimum Gasteiger partial charge on any atom is -0.329 e. The molecular weight excluding hydrogens is 174 g/mol. The smallest absolute Gasteiger partial charge is 0.0621 e. The van der Waals surface area contributed by atoms with E-state index in [-0.39, 0.29) is 0 Å². The molecule has 0 amide bonds. The van der Waals surface area contributed by atoms with Crippen molar-refractivity contribution in [1.82, 2.24) is 4.90 Å². The molecule has 14 heavy (non-hydrogen) atoms. The van der Waals surface area contributed by atoms with Crippen LogP contribution in [-0.2, 0) is 0 Å². The number of rotatable bonds is 5.